The van der Waals surface area contributed by atoms with E-state index in [0.29, 0.717) is 6.61 Å². The SMILES string of the molecule is C[C@@H](NC1CCOC1=O)c1cccs1. The van der Waals surface area contributed by atoms with Gasteiger partial charge in [0.2, 0.25) is 0 Å². The third-order valence-corrected chi connectivity index (χ3v) is 3.41. The maximum atomic E-state index is 11.2. The Morgan fingerprint density at radius 1 is 1.71 bits per heavy atom. The predicted molar refractivity (Wildman–Crippen MR) is 55.2 cm³/mol. The Bertz CT molecular complexity index is 310. The van der Waals surface area contributed by atoms with Gasteiger partial charge in [0.25, 0.3) is 0 Å². The number of carbonyl (C=O) groups excluding carboxylic acids is 1. The minimum Gasteiger partial charge on any atom is -0.464 e. The van der Waals surface area contributed by atoms with Crippen molar-refractivity contribution in [2.75, 3.05) is 6.61 Å². The average Bonchev–Trinajstić information content (AvgIpc) is 2.77. The Hall–Kier alpha value is -0.870. The molecule has 1 fully saturated rings. The van der Waals surface area contributed by atoms with Crippen LogP contribution in [0.1, 0.15) is 24.3 Å². The van der Waals surface area contributed by atoms with Crippen LogP contribution >= 0.6 is 11.3 Å². The van der Waals surface area contributed by atoms with Gasteiger partial charge >= 0.3 is 5.97 Å². The van der Waals surface area contributed by atoms with Gasteiger partial charge in [0, 0.05) is 17.3 Å². The normalized spacial score (nSPS) is 23.5. The van der Waals surface area contributed by atoms with Gasteiger partial charge in [-0.05, 0) is 18.4 Å². The van der Waals surface area contributed by atoms with Crippen LogP contribution in [0.2, 0.25) is 0 Å². The van der Waals surface area contributed by atoms with Crippen LogP contribution in [0.5, 0.6) is 0 Å². The van der Waals surface area contributed by atoms with Gasteiger partial charge in [0.1, 0.15) is 6.04 Å². The topological polar surface area (TPSA) is 38.3 Å². The number of thiophene rings is 1. The van der Waals surface area contributed by atoms with Crippen molar-refractivity contribution in [2.24, 2.45) is 0 Å². The zero-order chi connectivity index (χ0) is 9.97. The summed E-state index contributed by atoms with van der Waals surface area (Å²) >= 11 is 1.70. The molecule has 1 unspecified atom stereocenters. The van der Waals surface area contributed by atoms with Crippen molar-refractivity contribution >= 4 is 17.3 Å². The highest BCUT2D eigenvalue weighted by Crippen LogP contribution is 2.20. The zero-order valence-corrected chi connectivity index (χ0v) is 8.84. The molecule has 0 saturated carbocycles. The van der Waals surface area contributed by atoms with Gasteiger partial charge in [-0.3, -0.25) is 10.1 Å². The Balaban J connectivity index is 1.94. The third kappa shape index (κ3) is 1.96. The minimum absolute atomic E-state index is 0.117. The van der Waals surface area contributed by atoms with Crippen LogP contribution in [-0.2, 0) is 9.53 Å². The van der Waals surface area contributed by atoms with Crippen molar-refractivity contribution in [1.29, 1.82) is 0 Å². The number of rotatable bonds is 3. The van der Waals surface area contributed by atoms with E-state index in [-0.39, 0.29) is 18.1 Å². The van der Waals surface area contributed by atoms with Crippen LogP contribution in [0.3, 0.4) is 0 Å². The van der Waals surface area contributed by atoms with Gasteiger partial charge < -0.3 is 4.74 Å². The molecule has 1 N–H and O–H groups in total. The van der Waals surface area contributed by atoms with Gasteiger partial charge in [0.05, 0.1) is 6.61 Å². The highest BCUT2D eigenvalue weighted by Gasteiger charge is 2.27. The number of carbonyl (C=O) groups is 1. The largest absolute Gasteiger partial charge is 0.464 e. The Kier molecular flexibility index (Phi) is 2.84. The fourth-order valence-electron chi connectivity index (χ4n) is 1.57. The molecule has 0 aromatic carbocycles. The van der Waals surface area contributed by atoms with Gasteiger partial charge in [-0.15, -0.1) is 11.3 Å². The first-order chi connectivity index (χ1) is 6.77. The van der Waals surface area contributed by atoms with E-state index in [1.165, 1.54) is 4.88 Å². The Morgan fingerprint density at radius 3 is 3.14 bits per heavy atom. The summed E-state index contributed by atoms with van der Waals surface area (Å²) in [5.41, 5.74) is 0. The number of esters is 1. The molecule has 14 heavy (non-hydrogen) atoms. The highest BCUT2D eigenvalue weighted by molar-refractivity contribution is 7.10. The smallest absolute Gasteiger partial charge is 0.323 e. The lowest BCUT2D eigenvalue weighted by atomic mass is 10.2. The fraction of sp³-hybridized carbons (Fsp3) is 0.500. The van der Waals surface area contributed by atoms with Crippen molar-refractivity contribution in [3.05, 3.63) is 22.4 Å². The maximum absolute atomic E-state index is 11.2. The molecular formula is C10H13NO2S. The summed E-state index contributed by atoms with van der Waals surface area (Å²) in [6.07, 6.45) is 0.786. The van der Waals surface area contributed by atoms with Crippen LogP contribution in [0, 0.1) is 0 Å². The van der Waals surface area contributed by atoms with Crippen molar-refractivity contribution in [3.63, 3.8) is 0 Å². The standard InChI is InChI=1S/C10H13NO2S/c1-7(9-3-2-6-14-9)11-8-4-5-13-10(8)12/h2-3,6-8,11H,4-5H2,1H3/t7-,8?/m1/s1. The first-order valence-electron chi connectivity index (χ1n) is 4.73. The molecule has 3 nitrogen and oxygen atoms in total. The van der Waals surface area contributed by atoms with Gasteiger partial charge in [-0.25, -0.2) is 0 Å². The van der Waals surface area contributed by atoms with E-state index in [4.69, 9.17) is 4.74 Å². The van der Waals surface area contributed by atoms with E-state index in [0.717, 1.165) is 6.42 Å². The first kappa shape index (κ1) is 9.68. The van der Waals surface area contributed by atoms with Crippen molar-refractivity contribution in [3.8, 4) is 0 Å². The lowest BCUT2D eigenvalue weighted by Gasteiger charge is -2.14. The maximum Gasteiger partial charge on any atom is 0.323 e. The summed E-state index contributed by atoms with van der Waals surface area (Å²) in [4.78, 5) is 12.5. The molecule has 0 spiro atoms. The molecule has 2 rings (SSSR count). The number of nitrogens with one attached hydrogen (secondary N) is 1. The third-order valence-electron chi connectivity index (χ3n) is 2.36. The molecular weight excluding hydrogens is 198 g/mol. The van der Waals surface area contributed by atoms with E-state index in [2.05, 4.69) is 18.3 Å². The van der Waals surface area contributed by atoms with Crippen molar-refractivity contribution in [2.45, 2.75) is 25.4 Å². The Labute approximate surface area is 87.1 Å². The van der Waals surface area contributed by atoms with Crippen LogP contribution in [0.15, 0.2) is 17.5 Å². The molecule has 1 aliphatic heterocycles. The number of cyclic esters (lactones) is 1. The second-order valence-electron chi connectivity index (χ2n) is 3.41. The second-order valence-corrected chi connectivity index (χ2v) is 4.39. The van der Waals surface area contributed by atoms with Gasteiger partial charge in [0.15, 0.2) is 0 Å². The first-order valence-corrected chi connectivity index (χ1v) is 5.61. The molecule has 0 amide bonds. The second kappa shape index (κ2) is 4.11. The number of hydrogen-bond acceptors (Lipinski definition) is 4. The van der Waals surface area contributed by atoms with Crippen molar-refractivity contribution in [1.82, 2.24) is 5.32 Å². The van der Waals surface area contributed by atoms with Crippen LogP contribution in [0.25, 0.3) is 0 Å². The molecule has 76 valence electrons. The quantitative estimate of drug-likeness (QED) is 0.774. The van der Waals surface area contributed by atoms with E-state index >= 15 is 0 Å². The van der Waals surface area contributed by atoms with Crippen LogP contribution in [-0.4, -0.2) is 18.6 Å². The molecule has 2 atom stereocenters. The number of ether oxygens (including phenoxy) is 1. The van der Waals surface area contributed by atoms with E-state index in [1.54, 1.807) is 11.3 Å². The molecule has 2 heterocycles. The van der Waals surface area contributed by atoms with E-state index < -0.39 is 0 Å². The molecule has 0 aliphatic carbocycles. The Morgan fingerprint density at radius 2 is 2.57 bits per heavy atom. The summed E-state index contributed by atoms with van der Waals surface area (Å²) in [5.74, 6) is -0.117. The molecule has 0 bridgehead atoms. The molecule has 0 radical (unpaired) electrons. The lowest BCUT2D eigenvalue weighted by Crippen LogP contribution is -2.34. The summed E-state index contributed by atoms with van der Waals surface area (Å²) in [6, 6.07) is 4.20. The highest BCUT2D eigenvalue weighted by atomic mass is 32.1. The molecule has 1 aliphatic rings. The molecule has 1 aromatic heterocycles. The predicted octanol–water partition coefficient (Wildman–Crippen LogP) is 1.71. The number of hydrogen-bond donors (Lipinski definition) is 1. The van der Waals surface area contributed by atoms with E-state index in [1.807, 2.05) is 11.4 Å². The minimum atomic E-state index is -0.118. The zero-order valence-electron chi connectivity index (χ0n) is 8.03. The summed E-state index contributed by atoms with van der Waals surface area (Å²) < 4.78 is 4.89. The van der Waals surface area contributed by atoms with Crippen LogP contribution < -0.4 is 5.32 Å². The molecule has 4 heteroatoms. The van der Waals surface area contributed by atoms with Crippen molar-refractivity contribution < 1.29 is 9.53 Å². The summed E-state index contributed by atoms with van der Waals surface area (Å²) in [7, 11) is 0. The fourth-order valence-corrected chi connectivity index (χ4v) is 2.31. The van der Waals surface area contributed by atoms with E-state index in [9.17, 15) is 4.79 Å². The lowest BCUT2D eigenvalue weighted by molar-refractivity contribution is -0.139. The average molecular weight is 211 g/mol. The molecule has 1 saturated heterocycles. The van der Waals surface area contributed by atoms with Gasteiger partial charge in [-0.2, -0.15) is 0 Å². The van der Waals surface area contributed by atoms with Gasteiger partial charge in [-0.1, -0.05) is 6.07 Å². The monoisotopic (exact) mass is 211 g/mol. The summed E-state index contributed by atoms with van der Waals surface area (Å²) in [6.45, 7) is 2.62. The summed E-state index contributed by atoms with van der Waals surface area (Å²) in [5, 5.41) is 5.31. The van der Waals surface area contributed by atoms with Crippen LogP contribution in [0.4, 0.5) is 0 Å². The molecule has 1 aromatic rings.